The number of allylic oxidation sites excluding steroid dienone is 2. The van der Waals surface area contributed by atoms with E-state index in [2.05, 4.69) is 20.5 Å². The molecule has 28 heavy (non-hydrogen) atoms. The van der Waals surface area contributed by atoms with Crippen molar-refractivity contribution in [3.8, 4) is 28.9 Å². The number of hydrogen-bond donors (Lipinski definition) is 1. The van der Waals surface area contributed by atoms with Crippen molar-refractivity contribution >= 4 is 9.73 Å². The molecule has 0 spiro atoms. The molecule has 0 bridgehead atoms. The highest BCUT2D eigenvalue weighted by Gasteiger charge is 2.25. The van der Waals surface area contributed by atoms with Gasteiger partial charge in [-0.1, -0.05) is 18.2 Å². The van der Waals surface area contributed by atoms with Gasteiger partial charge in [-0.2, -0.15) is 15.0 Å². The molecule has 7 nitrogen and oxygen atoms in total. The standard InChI is InChI=1S/C20H17N5O2S/c1-13-19(15-5-3-14(11-21)4-6-15)20(26)25(24-13)18-10-9-17(12-23-18)28(27,22-2)16-7-8-16/h3-7,9-10,12,26H,8H2,1-2H3. The number of benzene rings is 1. The molecule has 1 atom stereocenters. The van der Waals surface area contributed by atoms with E-state index >= 15 is 0 Å². The van der Waals surface area contributed by atoms with E-state index in [-0.39, 0.29) is 5.88 Å². The van der Waals surface area contributed by atoms with Gasteiger partial charge in [0, 0.05) is 24.6 Å². The van der Waals surface area contributed by atoms with Crippen molar-refractivity contribution in [1.29, 1.82) is 5.26 Å². The molecule has 1 aromatic carbocycles. The zero-order valence-corrected chi connectivity index (χ0v) is 16.1. The molecule has 0 fully saturated rings. The first-order valence-electron chi connectivity index (χ1n) is 8.58. The van der Waals surface area contributed by atoms with Crippen LogP contribution in [0.15, 0.2) is 62.8 Å². The lowest BCUT2D eigenvalue weighted by molar-refractivity contribution is 0.433. The molecule has 0 aliphatic heterocycles. The third kappa shape index (κ3) is 2.86. The highest BCUT2D eigenvalue weighted by Crippen LogP contribution is 2.35. The van der Waals surface area contributed by atoms with Crippen molar-refractivity contribution < 1.29 is 9.32 Å². The lowest BCUT2D eigenvalue weighted by atomic mass is 10.0. The van der Waals surface area contributed by atoms with Crippen LogP contribution in [0.1, 0.15) is 17.7 Å². The van der Waals surface area contributed by atoms with Gasteiger partial charge in [0.2, 0.25) is 5.88 Å². The summed E-state index contributed by atoms with van der Waals surface area (Å²) in [7, 11) is -1.02. The Morgan fingerprint density at radius 2 is 1.96 bits per heavy atom. The molecule has 2 heterocycles. The third-order valence-electron chi connectivity index (χ3n) is 4.58. The molecule has 8 heteroatoms. The number of aromatic nitrogens is 3. The van der Waals surface area contributed by atoms with Gasteiger partial charge < -0.3 is 5.11 Å². The third-order valence-corrected chi connectivity index (χ3v) is 7.02. The summed E-state index contributed by atoms with van der Waals surface area (Å²) in [5, 5.41) is 24.1. The molecule has 1 N–H and O–H groups in total. The molecular weight excluding hydrogens is 374 g/mol. The Bertz CT molecular complexity index is 1260. The Morgan fingerprint density at radius 1 is 1.25 bits per heavy atom. The number of pyridine rings is 1. The van der Waals surface area contributed by atoms with Crippen LogP contribution in [0, 0.1) is 18.3 Å². The quantitative estimate of drug-likeness (QED) is 0.732. The summed E-state index contributed by atoms with van der Waals surface area (Å²) in [5.41, 5.74) is 2.50. The number of nitrogens with zero attached hydrogens (tertiary/aromatic N) is 5. The van der Waals surface area contributed by atoms with Crippen LogP contribution in [0.3, 0.4) is 0 Å². The van der Waals surface area contributed by atoms with Gasteiger partial charge in [0.25, 0.3) is 0 Å². The topological polar surface area (TPSA) is 104 Å². The fourth-order valence-corrected chi connectivity index (χ4v) is 4.76. The smallest absolute Gasteiger partial charge is 0.223 e. The second-order valence-corrected chi connectivity index (χ2v) is 8.73. The van der Waals surface area contributed by atoms with Gasteiger partial charge in [-0.25, -0.2) is 13.6 Å². The van der Waals surface area contributed by atoms with Crippen molar-refractivity contribution in [2.75, 3.05) is 7.05 Å². The first-order valence-corrected chi connectivity index (χ1v) is 10.1. The van der Waals surface area contributed by atoms with Crippen LogP contribution >= 0.6 is 0 Å². The van der Waals surface area contributed by atoms with Gasteiger partial charge in [0.1, 0.15) is 9.73 Å². The molecule has 140 valence electrons. The summed E-state index contributed by atoms with van der Waals surface area (Å²) in [5.74, 6) is 0.361. The van der Waals surface area contributed by atoms with Gasteiger partial charge in [0.05, 0.1) is 27.8 Å². The van der Waals surface area contributed by atoms with E-state index < -0.39 is 9.73 Å². The maximum absolute atomic E-state index is 13.0. The van der Waals surface area contributed by atoms with Crippen molar-refractivity contribution in [3.63, 3.8) is 0 Å². The van der Waals surface area contributed by atoms with Gasteiger partial charge in [-0.05, 0) is 36.8 Å². The van der Waals surface area contributed by atoms with Gasteiger partial charge >= 0.3 is 0 Å². The van der Waals surface area contributed by atoms with E-state index in [1.54, 1.807) is 50.4 Å². The van der Waals surface area contributed by atoms with E-state index in [1.165, 1.54) is 10.9 Å². The first-order chi connectivity index (χ1) is 13.5. The fraction of sp³-hybridized carbons (Fsp3) is 0.150. The number of aromatic hydroxyl groups is 1. The molecule has 1 aliphatic rings. The summed E-state index contributed by atoms with van der Waals surface area (Å²) in [6, 6.07) is 12.4. The predicted molar refractivity (Wildman–Crippen MR) is 105 cm³/mol. The Labute approximate surface area is 162 Å². The van der Waals surface area contributed by atoms with Crippen LogP contribution in [0.2, 0.25) is 0 Å². The van der Waals surface area contributed by atoms with E-state index in [1.807, 2.05) is 6.08 Å². The Balaban J connectivity index is 1.73. The van der Waals surface area contributed by atoms with Gasteiger partial charge in [-0.15, -0.1) is 0 Å². The average molecular weight is 391 g/mol. The summed E-state index contributed by atoms with van der Waals surface area (Å²) < 4.78 is 18.4. The Hall–Kier alpha value is -3.44. The molecule has 0 saturated carbocycles. The van der Waals surface area contributed by atoms with E-state index in [9.17, 15) is 9.32 Å². The van der Waals surface area contributed by atoms with E-state index in [0.717, 1.165) is 10.5 Å². The molecular formula is C20H17N5O2S. The van der Waals surface area contributed by atoms with Crippen molar-refractivity contribution in [1.82, 2.24) is 14.8 Å². The molecule has 3 aromatic rings. The minimum Gasteiger partial charge on any atom is -0.493 e. The van der Waals surface area contributed by atoms with Crippen molar-refractivity contribution in [2.45, 2.75) is 18.2 Å². The molecule has 1 unspecified atom stereocenters. The summed E-state index contributed by atoms with van der Waals surface area (Å²) in [4.78, 5) is 5.70. The number of rotatable bonds is 4. The predicted octanol–water partition coefficient (Wildman–Crippen LogP) is 3.56. The maximum atomic E-state index is 13.0. The van der Waals surface area contributed by atoms with Gasteiger partial charge in [-0.3, -0.25) is 0 Å². The van der Waals surface area contributed by atoms with Crippen molar-refractivity contribution in [2.24, 2.45) is 4.36 Å². The summed E-state index contributed by atoms with van der Waals surface area (Å²) in [6.07, 6.45) is 4.13. The van der Waals surface area contributed by atoms with E-state index in [0.29, 0.717) is 34.0 Å². The largest absolute Gasteiger partial charge is 0.493 e. The summed E-state index contributed by atoms with van der Waals surface area (Å²) >= 11 is 0. The molecule has 2 aromatic heterocycles. The van der Waals surface area contributed by atoms with Gasteiger partial charge in [0.15, 0.2) is 5.82 Å². The Morgan fingerprint density at radius 3 is 2.50 bits per heavy atom. The average Bonchev–Trinajstić information content (AvgIpc) is 3.54. The Kier molecular flexibility index (Phi) is 4.24. The minimum atomic E-state index is -2.57. The van der Waals surface area contributed by atoms with Crippen LogP contribution in [0.25, 0.3) is 16.9 Å². The fourth-order valence-electron chi connectivity index (χ4n) is 3.03. The zero-order chi connectivity index (χ0) is 19.9. The second-order valence-electron chi connectivity index (χ2n) is 6.32. The lowest BCUT2D eigenvalue weighted by Gasteiger charge is -2.07. The van der Waals surface area contributed by atoms with E-state index in [4.69, 9.17) is 5.26 Å². The van der Waals surface area contributed by atoms with Crippen LogP contribution in [0.4, 0.5) is 0 Å². The highest BCUT2D eigenvalue weighted by atomic mass is 32.2. The molecule has 0 radical (unpaired) electrons. The normalized spacial score (nSPS) is 14.7. The minimum absolute atomic E-state index is 0.0479. The molecule has 1 aliphatic carbocycles. The highest BCUT2D eigenvalue weighted by molar-refractivity contribution is 7.97. The van der Waals surface area contributed by atoms with Crippen LogP contribution in [-0.4, -0.2) is 31.1 Å². The number of nitriles is 1. The van der Waals surface area contributed by atoms with Crippen LogP contribution in [0.5, 0.6) is 5.88 Å². The second kappa shape index (κ2) is 6.62. The maximum Gasteiger partial charge on any atom is 0.223 e. The monoisotopic (exact) mass is 391 g/mol. The van der Waals surface area contributed by atoms with Crippen molar-refractivity contribution in [3.05, 3.63) is 64.8 Å². The first kappa shape index (κ1) is 17.9. The zero-order valence-electron chi connectivity index (χ0n) is 15.3. The number of hydrogen-bond acceptors (Lipinski definition) is 6. The summed E-state index contributed by atoms with van der Waals surface area (Å²) in [6.45, 7) is 1.79. The van der Waals surface area contributed by atoms with Crippen LogP contribution < -0.4 is 0 Å². The molecule has 0 amide bonds. The van der Waals surface area contributed by atoms with Crippen LogP contribution in [-0.2, 0) is 9.73 Å². The molecule has 0 saturated heterocycles. The molecule has 4 rings (SSSR count). The SMILES string of the molecule is CN=S(=O)(C1=CC1)c1ccc(-n2nc(C)c(-c3ccc(C#N)cc3)c2O)nc1. The lowest BCUT2D eigenvalue weighted by Crippen LogP contribution is -2.03. The number of aryl methyl sites for hydroxylation is 1.